The van der Waals surface area contributed by atoms with Gasteiger partial charge in [-0.3, -0.25) is 0 Å². The van der Waals surface area contributed by atoms with E-state index in [0.29, 0.717) is 25.6 Å². The molecule has 0 spiro atoms. The minimum absolute atomic E-state index is 0.0378. The Morgan fingerprint density at radius 1 is 1.33 bits per heavy atom. The third-order valence-electron chi connectivity index (χ3n) is 4.00. The van der Waals surface area contributed by atoms with E-state index in [1.165, 1.54) is 0 Å². The summed E-state index contributed by atoms with van der Waals surface area (Å²) in [7, 11) is -4.15. The second-order valence-corrected chi connectivity index (χ2v) is 10.1. The zero-order chi connectivity index (χ0) is 20.4. The number of benzene rings is 1. The summed E-state index contributed by atoms with van der Waals surface area (Å²) in [5, 5.41) is 0. The van der Waals surface area contributed by atoms with Crippen molar-refractivity contribution >= 4 is 32.0 Å². The van der Waals surface area contributed by atoms with Gasteiger partial charge >= 0.3 is 6.09 Å². The summed E-state index contributed by atoms with van der Waals surface area (Å²) in [6.07, 6.45) is 0.989. The van der Waals surface area contributed by atoms with Gasteiger partial charge in [0.1, 0.15) is 22.1 Å². The molecular formula is C17H23BrF2N2O4S. The van der Waals surface area contributed by atoms with E-state index < -0.39 is 38.2 Å². The molecular weight excluding hydrogens is 446 g/mol. The molecule has 0 aliphatic carbocycles. The molecule has 0 bridgehead atoms. The summed E-state index contributed by atoms with van der Waals surface area (Å²) in [6, 6.07) is 1.41. The second kappa shape index (κ2) is 8.40. The molecule has 0 saturated carbocycles. The molecule has 1 atom stereocenters. The van der Waals surface area contributed by atoms with E-state index in [1.807, 2.05) is 0 Å². The van der Waals surface area contributed by atoms with Crippen molar-refractivity contribution in [3.63, 3.8) is 0 Å². The van der Waals surface area contributed by atoms with E-state index >= 15 is 0 Å². The first-order chi connectivity index (χ1) is 12.4. The molecule has 27 heavy (non-hydrogen) atoms. The molecule has 1 aromatic rings. The van der Waals surface area contributed by atoms with E-state index in [0.717, 1.165) is 12.5 Å². The maximum atomic E-state index is 13.9. The van der Waals surface area contributed by atoms with Crippen LogP contribution in [0.1, 0.15) is 33.6 Å². The molecule has 0 radical (unpaired) electrons. The number of sulfonamides is 1. The lowest BCUT2D eigenvalue weighted by Crippen LogP contribution is -2.45. The monoisotopic (exact) mass is 468 g/mol. The third-order valence-corrected chi connectivity index (χ3v) is 6.04. The fourth-order valence-corrected chi connectivity index (χ4v) is 4.43. The maximum absolute atomic E-state index is 13.9. The zero-order valence-corrected chi connectivity index (χ0v) is 17.8. The molecule has 6 nitrogen and oxygen atoms in total. The molecule has 1 N–H and O–H groups in total. The number of carbonyl (C=O) groups is 1. The number of nitrogens with one attached hydrogen (secondary N) is 1. The summed E-state index contributed by atoms with van der Waals surface area (Å²) in [5.41, 5.74) is -0.612. The maximum Gasteiger partial charge on any atom is 0.410 e. The number of piperidine rings is 1. The molecule has 2 rings (SSSR count). The minimum atomic E-state index is -4.15. The van der Waals surface area contributed by atoms with E-state index in [4.69, 9.17) is 4.74 Å². The number of halogens is 3. The molecule has 1 aromatic carbocycles. The van der Waals surface area contributed by atoms with Gasteiger partial charge in [-0.2, -0.15) is 0 Å². The lowest BCUT2D eigenvalue weighted by Gasteiger charge is -2.34. The van der Waals surface area contributed by atoms with Gasteiger partial charge in [0.05, 0.1) is 4.47 Å². The van der Waals surface area contributed by atoms with Crippen LogP contribution in [-0.2, 0) is 14.8 Å². The third kappa shape index (κ3) is 6.11. The first kappa shape index (κ1) is 22.0. The van der Waals surface area contributed by atoms with Crippen molar-refractivity contribution in [1.29, 1.82) is 0 Å². The number of hydrogen-bond acceptors (Lipinski definition) is 4. The Hall–Kier alpha value is -1.26. The molecule has 1 aliphatic rings. The van der Waals surface area contributed by atoms with Crippen LogP contribution in [-0.4, -0.2) is 44.6 Å². The van der Waals surface area contributed by atoms with Crippen molar-refractivity contribution in [2.24, 2.45) is 5.92 Å². The Bertz CT molecular complexity index is 812. The molecule has 1 fully saturated rings. The van der Waals surface area contributed by atoms with Crippen LogP contribution in [0.5, 0.6) is 0 Å². The van der Waals surface area contributed by atoms with Crippen molar-refractivity contribution in [2.75, 3.05) is 19.6 Å². The number of amides is 1. The Labute approximate surface area is 166 Å². The number of rotatable bonds is 4. The van der Waals surface area contributed by atoms with Gasteiger partial charge in [0.15, 0.2) is 0 Å². The van der Waals surface area contributed by atoms with Crippen LogP contribution in [0.4, 0.5) is 13.6 Å². The first-order valence-corrected chi connectivity index (χ1v) is 10.8. The zero-order valence-electron chi connectivity index (χ0n) is 15.4. The quantitative estimate of drug-likeness (QED) is 0.684. The van der Waals surface area contributed by atoms with Gasteiger partial charge in [0, 0.05) is 25.7 Å². The van der Waals surface area contributed by atoms with Crippen molar-refractivity contribution in [1.82, 2.24) is 9.62 Å². The van der Waals surface area contributed by atoms with Crippen molar-refractivity contribution < 1.29 is 26.7 Å². The number of nitrogens with zero attached hydrogens (tertiary/aromatic N) is 1. The van der Waals surface area contributed by atoms with Crippen molar-refractivity contribution in [2.45, 2.75) is 44.1 Å². The Kier molecular flexibility index (Phi) is 6.86. The van der Waals surface area contributed by atoms with E-state index in [9.17, 15) is 22.0 Å². The topological polar surface area (TPSA) is 75.7 Å². The predicted octanol–water partition coefficient (Wildman–Crippen LogP) is 3.65. The molecule has 152 valence electrons. The number of ether oxygens (including phenoxy) is 1. The summed E-state index contributed by atoms with van der Waals surface area (Å²) in [4.78, 5) is 13.1. The van der Waals surface area contributed by atoms with Crippen LogP contribution in [0.15, 0.2) is 21.5 Å². The van der Waals surface area contributed by atoms with E-state index in [2.05, 4.69) is 20.7 Å². The number of hydrogen-bond donors (Lipinski definition) is 1. The molecule has 1 saturated heterocycles. The van der Waals surface area contributed by atoms with Crippen LogP contribution < -0.4 is 4.72 Å². The van der Waals surface area contributed by atoms with Crippen LogP contribution >= 0.6 is 15.9 Å². The van der Waals surface area contributed by atoms with Gasteiger partial charge in [0.25, 0.3) is 0 Å². The average molecular weight is 469 g/mol. The standard InChI is InChI=1S/C17H23BrF2N2O4S/c1-17(2,3)26-16(23)22-6-4-5-11(10-22)9-21-27(24,25)15-7-12(18)13(19)8-14(15)20/h7-8,11,21H,4-6,9-10H2,1-3H3. The molecule has 1 aliphatic heterocycles. The molecule has 10 heteroatoms. The van der Waals surface area contributed by atoms with E-state index in [1.54, 1.807) is 25.7 Å². The Morgan fingerprint density at radius 2 is 2.00 bits per heavy atom. The van der Waals surface area contributed by atoms with Gasteiger partial charge in [-0.1, -0.05) is 0 Å². The van der Waals surface area contributed by atoms with Gasteiger partial charge in [-0.15, -0.1) is 0 Å². The first-order valence-electron chi connectivity index (χ1n) is 8.51. The van der Waals surface area contributed by atoms with Crippen LogP contribution in [0.25, 0.3) is 0 Å². The molecule has 0 aromatic heterocycles. The SMILES string of the molecule is CC(C)(C)OC(=O)N1CCCC(CNS(=O)(=O)c2cc(Br)c(F)cc2F)C1. The second-order valence-electron chi connectivity index (χ2n) is 7.48. The summed E-state index contributed by atoms with van der Waals surface area (Å²) >= 11 is 2.86. The van der Waals surface area contributed by atoms with Crippen LogP contribution in [0, 0.1) is 17.6 Å². The average Bonchev–Trinajstić information content (AvgIpc) is 2.55. The normalized spacial score (nSPS) is 18.4. The summed E-state index contributed by atoms with van der Waals surface area (Å²) in [5.74, 6) is -2.18. The smallest absolute Gasteiger partial charge is 0.410 e. The highest BCUT2D eigenvalue weighted by Gasteiger charge is 2.29. The fraction of sp³-hybridized carbons (Fsp3) is 0.588. The van der Waals surface area contributed by atoms with E-state index in [-0.39, 0.29) is 16.9 Å². The highest BCUT2D eigenvalue weighted by Crippen LogP contribution is 2.24. The van der Waals surface area contributed by atoms with Gasteiger partial charge < -0.3 is 9.64 Å². The lowest BCUT2D eigenvalue weighted by molar-refractivity contribution is 0.0169. The van der Waals surface area contributed by atoms with Crippen molar-refractivity contribution in [3.05, 3.63) is 28.2 Å². The number of likely N-dealkylation sites (tertiary alicyclic amines) is 1. The highest BCUT2D eigenvalue weighted by molar-refractivity contribution is 9.10. The van der Waals surface area contributed by atoms with Crippen LogP contribution in [0.2, 0.25) is 0 Å². The van der Waals surface area contributed by atoms with Gasteiger partial charge in [0.2, 0.25) is 10.0 Å². The van der Waals surface area contributed by atoms with Crippen LogP contribution in [0.3, 0.4) is 0 Å². The van der Waals surface area contributed by atoms with Gasteiger partial charge in [-0.25, -0.2) is 26.7 Å². The molecule has 1 heterocycles. The predicted molar refractivity (Wildman–Crippen MR) is 99.8 cm³/mol. The lowest BCUT2D eigenvalue weighted by atomic mass is 9.99. The number of carbonyl (C=O) groups excluding carboxylic acids is 1. The highest BCUT2D eigenvalue weighted by atomic mass is 79.9. The summed E-state index contributed by atoms with van der Waals surface area (Å²) in [6.45, 7) is 6.24. The Morgan fingerprint density at radius 3 is 2.63 bits per heavy atom. The minimum Gasteiger partial charge on any atom is -0.444 e. The largest absolute Gasteiger partial charge is 0.444 e. The summed E-state index contributed by atoms with van der Waals surface area (Å²) < 4.78 is 59.5. The molecule has 1 amide bonds. The van der Waals surface area contributed by atoms with Crippen molar-refractivity contribution in [3.8, 4) is 0 Å². The Balaban J connectivity index is 2.01. The molecule has 1 unspecified atom stereocenters. The van der Waals surface area contributed by atoms with Gasteiger partial charge in [-0.05, 0) is 61.5 Å². The fourth-order valence-electron chi connectivity index (χ4n) is 2.74.